The second-order valence-electron chi connectivity index (χ2n) is 10.2. The number of para-hydroxylation sites is 4. The Morgan fingerprint density at radius 1 is 0.600 bits per heavy atom. The Kier molecular flexibility index (Phi) is 7.70. The minimum atomic E-state index is 0. The largest absolute Gasteiger partial charge is 0.501 e. The normalized spacial score (nSPS) is 10.9. The van der Waals surface area contributed by atoms with E-state index in [2.05, 4.69) is 23.2 Å². The van der Waals surface area contributed by atoms with Crippen molar-refractivity contribution in [3.8, 4) is 28.3 Å². The molecule has 6 nitrogen and oxygen atoms in total. The molecule has 7 heteroatoms. The van der Waals surface area contributed by atoms with Crippen molar-refractivity contribution in [1.82, 2.24) is 24.5 Å². The van der Waals surface area contributed by atoms with Crippen LogP contribution in [0, 0.1) is 12.1 Å². The van der Waals surface area contributed by atoms with Crippen molar-refractivity contribution in [2.24, 2.45) is 0 Å². The average Bonchev–Trinajstić information content (AvgIpc) is 3.67. The smallest absolute Gasteiger partial charge is 0.188 e. The number of furan rings is 1. The van der Waals surface area contributed by atoms with E-state index in [4.69, 9.17) is 19.4 Å². The number of hydrogen-bond acceptors (Lipinski definition) is 5. The predicted molar refractivity (Wildman–Crippen MR) is 174 cm³/mol. The summed E-state index contributed by atoms with van der Waals surface area (Å²) in [7, 11) is 0. The van der Waals surface area contributed by atoms with Gasteiger partial charge in [-0.2, -0.15) is 0 Å². The van der Waals surface area contributed by atoms with E-state index in [1.807, 2.05) is 132 Å². The molecule has 4 aromatic heterocycles. The van der Waals surface area contributed by atoms with Crippen molar-refractivity contribution in [3.63, 3.8) is 0 Å². The molecule has 0 spiro atoms. The Bertz CT molecular complexity index is 2350. The monoisotopic (exact) mass is 758 g/mol. The molecule has 0 aliphatic carbocycles. The van der Waals surface area contributed by atoms with Crippen LogP contribution < -0.4 is 0 Å². The predicted octanol–water partition coefficient (Wildman–Crippen LogP) is 8.88. The molecule has 4 heterocycles. The van der Waals surface area contributed by atoms with Crippen LogP contribution >= 0.6 is 0 Å². The molecule has 0 atom stereocenters. The van der Waals surface area contributed by atoms with Crippen LogP contribution in [0.15, 0.2) is 144 Å². The average molecular weight is 758 g/mol. The maximum Gasteiger partial charge on any atom is 0.188 e. The van der Waals surface area contributed by atoms with Gasteiger partial charge in [0.25, 0.3) is 0 Å². The number of hydrogen-bond donors (Lipinski definition) is 0. The topological polar surface area (TPSA) is 69.6 Å². The number of fused-ring (bicyclic) bond motifs is 5. The fraction of sp³-hybridized carbons (Fsp3) is 0. The summed E-state index contributed by atoms with van der Waals surface area (Å²) < 4.78 is 8.31. The van der Waals surface area contributed by atoms with Gasteiger partial charge in [0.1, 0.15) is 5.58 Å². The molecule has 5 aromatic carbocycles. The molecule has 0 amide bonds. The molecule has 1 radical (unpaired) electrons. The second-order valence-corrected chi connectivity index (χ2v) is 10.2. The molecule has 0 aliphatic heterocycles. The summed E-state index contributed by atoms with van der Waals surface area (Å²) in [6, 6.07) is 50.1. The molecule has 9 rings (SSSR count). The maximum atomic E-state index is 6.28. The summed E-state index contributed by atoms with van der Waals surface area (Å²) in [5.41, 5.74) is 8.28. The van der Waals surface area contributed by atoms with Crippen molar-refractivity contribution in [1.29, 1.82) is 0 Å². The number of pyridine rings is 1. The van der Waals surface area contributed by atoms with Gasteiger partial charge in [-0.25, -0.2) is 9.97 Å². The van der Waals surface area contributed by atoms with Crippen LogP contribution in [-0.4, -0.2) is 24.5 Å². The molecule has 0 saturated carbocycles. The van der Waals surface area contributed by atoms with E-state index in [9.17, 15) is 0 Å². The molecule has 9 aromatic rings. The zero-order valence-corrected chi connectivity index (χ0v) is 26.2. The third-order valence-corrected chi connectivity index (χ3v) is 7.40. The number of aromatic nitrogens is 5. The fourth-order valence-electron chi connectivity index (χ4n) is 5.38. The molecule has 0 unspecified atom stereocenters. The molecule has 0 aliphatic rings. The first kappa shape index (κ1) is 28.3. The van der Waals surface area contributed by atoms with Crippen molar-refractivity contribution < 1.29 is 24.5 Å². The minimum absolute atomic E-state index is 0. The van der Waals surface area contributed by atoms with Crippen LogP contribution in [0.1, 0.15) is 0 Å². The quantitative estimate of drug-likeness (QED) is 0.169. The van der Waals surface area contributed by atoms with Gasteiger partial charge in [-0.15, -0.1) is 54.1 Å². The van der Waals surface area contributed by atoms with E-state index >= 15 is 0 Å². The summed E-state index contributed by atoms with van der Waals surface area (Å²) >= 11 is 0. The molecule has 0 fully saturated rings. The zero-order valence-electron chi connectivity index (χ0n) is 23.8. The Morgan fingerprint density at radius 3 is 2.16 bits per heavy atom. The second kappa shape index (κ2) is 12.2. The molecular weight excluding hydrogens is 735 g/mol. The van der Waals surface area contributed by atoms with E-state index in [1.165, 1.54) is 0 Å². The Morgan fingerprint density at radius 2 is 1.36 bits per heavy atom. The summed E-state index contributed by atoms with van der Waals surface area (Å²) in [5, 5.41) is 2.11. The van der Waals surface area contributed by atoms with Crippen LogP contribution in [0.2, 0.25) is 0 Å². The SMILES string of the molecule is [Ir].[c-]1ccc2c(oc3ccccc32)c1-c1nc2nc3ccccc3nc2n1-c1ccccc1.[c-]1ccccc1-c1ccccn1. The van der Waals surface area contributed by atoms with Crippen LogP contribution in [0.4, 0.5) is 0 Å². The maximum absolute atomic E-state index is 6.28. The van der Waals surface area contributed by atoms with Gasteiger partial charge < -0.3 is 14.0 Å². The standard InChI is InChI=1S/C27H15N4O.C11H8N.Ir/c1-2-9-17(10-3-1)31-26(30-25-27(31)29-22-15-6-5-14-21(22)28-25)20-13-8-12-19-18-11-4-7-16-23(18)32-24(19)20;1-2-6-10(7-3-1)11-8-4-5-9-12-11;/h1-12,14-16H;1-6,8-9H;/q2*-1;. The summed E-state index contributed by atoms with van der Waals surface area (Å²) in [6.07, 6.45) is 1.79. The minimum Gasteiger partial charge on any atom is -0.501 e. The molecule has 0 N–H and O–H groups in total. The van der Waals surface area contributed by atoms with Gasteiger partial charge in [0.15, 0.2) is 11.3 Å². The summed E-state index contributed by atoms with van der Waals surface area (Å²) in [5.74, 6) is 0.700. The Labute approximate surface area is 272 Å². The number of nitrogens with zero attached hydrogens (tertiary/aromatic N) is 5. The van der Waals surface area contributed by atoms with Gasteiger partial charge in [0, 0.05) is 37.4 Å². The summed E-state index contributed by atoms with van der Waals surface area (Å²) in [6.45, 7) is 0. The van der Waals surface area contributed by atoms with Gasteiger partial charge in [0.05, 0.1) is 22.4 Å². The zero-order chi connectivity index (χ0) is 29.3. The van der Waals surface area contributed by atoms with Crippen LogP contribution in [-0.2, 0) is 20.1 Å². The van der Waals surface area contributed by atoms with Gasteiger partial charge in [-0.05, 0) is 42.1 Å². The van der Waals surface area contributed by atoms with Gasteiger partial charge in [-0.3, -0.25) is 4.98 Å². The third-order valence-electron chi connectivity index (χ3n) is 7.40. The first-order valence-electron chi connectivity index (χ1n) is 14.2. The van der Waals surface area contributed by atoms with Crippen LogP contribution in [0.25, 0.3) is 72.6 Å². The van der Waals surface area contributed by atoms with Crippen molar-refractivity contribution in [3.05, 3.63) is 152 Å². The number of imidazole rings is 1. The Hall–Kier alpha value is -5.49. The van der Waals surface area contributed by atoms with Gasteiger partial charge >= 0.3 is 0 Å². The molecule has 0 saturated heterocycles. The molecule has 0 bridgehead atoms. The van der Waals surface area contributed by atoms with E-state index in [0.717, 1.165) is 55.5 Å². The molecule has 217 valence electrons. The number of rotatable bonds is 3. The fourth-order valence-corrected chi connectivity index (χ4v) is 5.38. The van der Waals surface area contributed by atoms with Gasteiger partial charge in [0.2, 0.25) is 0 Å². The van der Waals surface area contributed by atoms with Crippen molar-refractivity contribution >= 4 is 44.3 Å². The van der Waals surface area contributed by atoms with Crippen molar-refractivity contribution in [2.45, 2.75) is 0 Å². The van der Waals surface area contributed by atoms with Crippen LogP contribution in [0.5, 0.6) is 0 Å². The first-order valence-corrected chi connectivity index (χ1v) is 14.2. The van der Waals surface area contributed by atoms with E-state index in [0.29, 0.717) is 17.1 Å². The van der Waals surface area contributed by atoms with E-state index in [-0.39, 0.29) is 20.1 Å². The number of benzene rings is 5. The third kappa shape index (κ3) is 5.29. The molecular formula is C38H23IrN5O-2. The van der Waals surface area contributed by atoms with E-state index < -0.39 is 0 Å². The first-order chi connectivity index (χ1) is 21.8. The van der Waals surface area contributed by atoms with Crippen molar-refractivity contribution in [2.75, 3.05) is 0 Å². The molecule has 45 heavy (non-hydrogen) atoms. The van der Waals surface area contributed by atoms with Gasteiger partial charge in [-0.1, -0.05) is 71.6 Å². The Balaban J connectivity index is 0.000000211. The van der Waals surface area contributed by atoms with Crippen LogP contribution in [0.3, 0.4) is 0 Å². The van der Waals surface area contributed by atoms with E-state index in [1.54, 1.807) is 6.20 Å². The summed E-state index contributed by atoms with van der Waals surface area (Å²) in [4.78, 5) is 18.9.